The number of rotatable bonds is 9. The maximum absolute atomic E-state index is 5.12. The van der Waals surface area contributed by atoms with Gasteiger partial charge in [-0.1, -0.05) is 171 Å². The number of aryl methyl sites for hydroxylation is 8. The molecule has 0 spiro atoms. The molecule has 1 unspecified atom stereocenters. The molecule has 2 atom stereocenters. The smallest absolute Gasteiger partial charge is 0.121 e. The molecule has 262 valence electrons. The quantitative estimate of drug-likeness (QED) is 0.140. The van der Waals surface area contributed by atoms with Gasteiger partial charge in [-0.3, -0.25) is 0 Å². The van der Waals surface area contributed by atoms with Crippen LogP contribution in [0.15, 0.2) is 127 Å². The van der Waals surface area contributed by atoms with Gasteiger partial charge in [-0.15, -0.1) is 5.10 Å². The van der Waals surface area contributed by atoms with Gasteiger partial charge in [0.25, 0.3) is 0 Å². The zero-order valence-electron chi connectivity index (χ0n) is 31.9. The second-order valence-electron chi connectivity index (χ2n) is 14.9. The Morgan fingerprint density at radius 1 is 0.538 bits per heavy atom. The van der Waals surface area contributed by atoms with Gasteiger partial charge in [-0.25, -0.2) is 4.68 Å². The van der Waals surface area contributed by atoms with Crippen molar-refractivity contribution in [2.24, 2.45) is 5.92 Å². The van der Waals surface area contributed by atoms with Crippen molar-refractivity contribution >= 4 is 42.5 Å². The van der Waals surface area contributed by atoms with Crippen molar-refractivity contribution in [2.75, 3.05) is 0 Å². The predicted octanol–water partition coefficient (Wildman–Crippen LogP) is 9.93. The normalized spacial score (nSPS) is 14.8. The van der Waals surface area contributed by atoms with Gasteiger partial charge in [0, 0.05) is 19.4 Å². The minimum Gasteiger partial charge on any atom is -0.240 e. The molecule has 0 N–H and O–H groups in total. The maximum Gasteiger partial charge on any atom is 0.121 e. The summed E-state index contributed by atoms with van der Waals surface area (Å²) >= 11 is 0. The lowest BCUT2D eigenvalue weighted by Crippen LogP contribution is -2.33. The van der Waals surface area contributed by atoms with E-state index in [4.69, 9.17) is 10.3 Å². The topological polar surface area (TPSA) is 30.7 Å². The standard InChI is InChI=1S/C47H49N3P2/c1-30-18-31(2)23-40(22-30)51(41-24-32(3)19-33(4)25-41)45-17-13-16-44(45)38(9)50-47(46(48-49-50)39-14-11-10-12-15-39)52(42-26-34(5)20-35(6)27-42)43-28-36(7)21-37(8)29-43/h10-29,38,44H,1-9H3/t38-,44?/m0/s1. The molecule has 0 bridgehead atoms. The van der Waals surface area contributed by atoms with Crippen molar-refractivity contribution in [3.05, 3.63) is 171 Å². The Kier molecular flexibility index (Phi) is 10.3. The molecule has 1 aliphatic rings. The van der Waals surface area contributed by atoms with Crippen LogP contribution in [0.3, 0.4) is 0 Å². The molecule has 0 amide bonds. The van der Waals surface area contributed by atoms with Crippen LogP contribution in [0, 0.1) is 61.3 Å². The highest BCUT2D eigenvalue weighted by molar-refractivity contribution is 7.80. The van der Waals surface area contributed by atoms with Gasteiger partial charge in [-0.05, 0) is 96.8 Å². The summed E-state index contributed by atoms with van der Waals surface area (Å²) < 4.78 is 2.30. The third kappa shape index (κ3) is 7.41. The first-order valence-electron chi connectivity index (χ1n) is 18.3. The molecular formula is C47H49N3P2. The average Bonchev–Trinajstić information content (AvgIpc) is 3.72. The summed E-state index contributed by atoms with van der Waals surface area (Å²) in [5.74, 6) is 0.146. The van der Waals surface area contributed by atoms with Crippen molar-refractivity contribution in [3.63, 3.8) is 0 Å². The molecule has 1 aliphatic carbocycles. The molecule has 0 radical (unpaired) electrons. The van der Waals surface area contributed by atoms with E-state index < -0.39 is 15.8 Å². The Morgan fingerprint density at radius 3 is 1.37 bits per heavy atom. The van der Waals surface area contributed by atoms with Crippen LogP contribution >= 0.6 is 15.8 Å². The zero-order valence-corrected chi connectivity index (χ0v) is 33.7. The third-order valence-electron chi connectivity index (χ3n) is 9.88. The first kappa shape index (κ1) is 36.0. The average molecular weight is 718 g/mol. The molecule has 0 saturated carbocycles. The van der Waals surface area contributed by atoms with Crippen molar-refractivity contribution in [1.82, 2.24) is 15.0 Å². The first-order chi connectivity index (χ1) is 24.9. The van der Waals surface area contributed by atoms with Crippen LogP contribution < -0.4 is 26.7 Å². The summed E-state index contributed by atoms with van der Waals surface area (Å²) in [7, 11) is -1.82. The lowest BCUT2D eigenvalue weighted by Gasteiger charge is -2.31. The van der Waals surface area contributed by atoms with Crippen LogP contribution in [0.5, 0.6) is 0 Å². The lowest BCUT2D eigenvalue weighted by molar-refractivity contribution is 0.430. The molecule has 7 rings (SSSR count). The van der Waals surface area contributed by atoms with Crippen LogP contribution in [0.25, 0.3) is 11.3 Å². The SMILES string of the molecule is Cc1cc(C)cc(P(C2=CC=CC2[C@H](C)n2nnc(-c3ccccc3)c2P(c2cc(C)cc(C)c2)c2cc(C)cc(C)c2)c2cc(C)cc(C)c2)c1. The van der Waals surface area contributed by atoms with E-state index in [-0.39, 0.29) is 12.0 Å². The van der Waals surface area contributed by atoms with E-state index in [1.165, 1.54) is 76.5 Å². The van der Waals surface area contributed by atoms with E-state index in [1.807, 2.05) is 0 Å². The van der Waals surface area contributed by atoms with E-state index in [0.717, 1.165) is 11.3 Å². The van der Waals surface area contributed by atoms with Gasteiger partial charge in [0.1, 0.15) is 5.69 Å². The fourth-order valence-corrected chi connectivity index (χ4v) is 14.0. The number of benzene rings is 5. The maximum atomic E-state index is 5.12. The fourth-order valence-electron chi connectivity index (χ4n) is 7.98. The number of hydrogen-bond donors (Lipinski definition) is 0. The van der Waals surface area contributed by atoms with Crippen molar-refractivity contribution < 1.29 is 0 Å². The summed E-state index contributed by atoms with van der Waals surface area (Å²) in [6.45, 7) is 20.1. The minimum absolute atomic E-state index is 0.0218. The Labute approximate surface area is 313 Å². The van der Waals surface area contributed by atoms with E-state index >= 15 is 0 Å². The fraction of sp³-hybridized carbons (Fsp3) is 0.234. The lowest BCUT2D eigenvalue weighted by atomic mass is 10.0. The van der Waals surface area contributed by atoms with Gasteiger partial charge < -0.3 is 0 Å². The minimum atomic E-state index is -1.02. The van der Waals surface area contributed by atoms with Crippen LogP contribution in [0.4, 0.5) is 0 Å². The van der Waals surface area contributed by atoms with Crippen molar-refractivity contribution in [3.8, 4) is 11.3 Å². The Balaban J connectivity index is 1.44. The first-order valence-corrected chi connectivity index (χ1v) is 21.0. The predicted molar refractivity (Wildman–Crippen MR) is 227 cm³/mol. The van der Waals surface area contributed by atoms with Crippen LogP contribution in [-0.4, -0.2) is 15.0 Å². The van der Waals surface area contributed by atoms with Crippen LogP contribution in [0.2, 0.25) is 0 Å². The monoisotopic (exact) mass is 717 g/mol. The van der Waals surface area contributed by atoms with E-state index in [9.17, 15) is 0 Å². The van der Waals surface area contributed by atoms with E-state index in [1.54, 1.807) is 0 Å². The van der Waals surface area contributed by atoms with Gasteiger partial charge >= 0.3 is 0 Å². The zero-order chi connectivity index (χ0) is 36.7. The van der Waals surface area contributed by atoms with Crippen molar-refractivity contribution in [2.45, 2.75) is 68.4 Å². The van der Waals surface area contributed by atoms with Gasteiger partial charge in [-0.2, -0.15) is 0 Å². The molecule has 6 aromatic rings. The molecule has 0 saturated heterocycles. The van der Waals surface area contributed by atoms with Crippen LogP contribution in [-0.2, 0) is 0 Å². The molecule has 1 aromatic heterocycles. The van der Waals surface area contributed by atoms with Gasteiger partial charge in [0.15, 0.2) is 0 Å². The number of allylic oxidation sites excluding steroid dienone is 4. The molecule has 0 aliphatic heterocycles. The Hall–Kier alpha value is -4.42. The Bertz CT molecular complexity index is 2150. The van der Waals surface area contributed by atoms with Crippen LogP contribution in [0.1, 0.15) is 57.5 Å². The third-order valence-corrected chi connectivity index (χ3v) is 14.8. The molecule has 1 heterocycles. The van der Waals surface area contributed by atoms with Gasteiger partial charge in [0.2, 0.25) is 0 Å². The molecular weight excluding hydrogens is 668 g/mol. The molecule has 52 heavy (non-hydrogen) atoms. The highest BCUT2D eigenvalue weighted by Gasteiger charge is 2.35. The summed E-state index contributed by atoms with van der Waals surface area (Å²) in [5, 5.41) is 17.1. The summed E-state index contributed by atoms with van der Waals surface area (Å²) in [6, 6.07) is 39.0. The molecule has 3 nitrogen and oxygen atoms in total. The van der Waals surface area contributed by atoms with E-state index in [0.29, 0.717) is 0 Å². The number of aromatic nitrogens is 3. The second kappa shape index (κ2) is 14.9. The molecule has 5 aromatic carbocycles. The Morgan fingerprint density at radius 2 is 0.942 bits per heavy atom. The summed E-state index contributed by atoms with van der Waals surface area (Å²) in [5.41, 5.74) is 13.6. The molecule has 0 fully saturated rings. The van der Waals surface area contributed by atoms with E-state index in [2.05, 4.69) is 188 Å². The highest BCUT2D eigenvalue weighted by Crippen LogP contribution is 2.52. The molecule has 5 heteroatoms. The summed E-state index contributed by atoms with van der Waals surface area (Å²) in [4.78, 5) is 0. The second-order valence-corrected chi connectivity index (χ2v) is 19.2. The number of nitrogens with zero attached hydrogens (tertiary/aromatic N) is 3. The largest absolute Gasteiger partial charge is 0.240 e. The van der Waals surface area contributed by atoms with Gasteiger partial charge in [0.05, 0.1) is 11.5 Å². The highest BCUT2D eigenvalue weighted by atomic mass is 31.1. The number of hydrogen-bond acceptors (Lipinski definition) is 2. The van der Waals surface area contributed by atoms with Crippen molar-refractivity contribution in [1.29, 1.82) is 0 Å². The summed E-state index contributed by atoms with van der Waals surface area (Å²) in [6.07, 6.45) is 7.08.